The van der Waals surface area contributed by atoms with Crippen LogP contribution in [0.5, 0.6) is 0 Å². The second-order valence-corrected chi connectivity index (χ2v) is 7.83. The predicted octanol–water partition coefficient (Wildman–Crippen LogP) is 3.52. The van der Waals surface area contributed by atoms with Gasteiger partial charge in [0.2, 0.25) is 5.91 Å². The molecule has 1 aliphatic rings. The number of ether oxygens (including phenoxy) is 1. The number of hydrogen-bond acceptors (Lipinski definition) is 3. The summed E-state index contributed by atoms with van der Waals surface area (Å²) in [6, 6.07) is 8.23. The van der Waals surface area contributed by atoms with Crippen molar-refractivity contribution in [2.45, 2.75) is 71.4 Å². The maximum absolute atomic E-state index is 12.6. The average Bonchev–Trinajstić information content (AvgIpc) is 2.60. The minimum absolute atomic E-state index is 0.0256. The summed E-state index contributed by atoms with van der Waals surface area (Å²) in [7, 11) is 0. The molecule has 0 aromatic heterocycles. The van der Waals surface area contributed by atoms with Gasteiger partial charge < -0.3 is 15.2 Å². The Morgan fingerprint density at radius 3 is 2.35 bits per heavy atom. The number of carboxylic acids is 1. The third-order valence-electron chi connectivity index (χ3n) is 5.93. The normalized spacial score (nSPS) is 25.2. The van der Waals surface area contributed by atoms with Gasteiger partial charge in [0.1, 0.15) is 5.54 Å². The zero-order chi connectivity index (χ0) is 19.5. The average molecular weight is 361 g/mol. The molecule has 1 amide bonds. The van der Waals surface area contributed by atoms with Gasteiger partial charge in [-0.1, -0.05) is 52.0 Å². The molecule has 3 atom stereocenters. The molecule has 0 heterocycles. The zero-order valence-corrected chi connectivity index (χ0v) is 16.5. The van der Waals surface area contributed by atoms with Crippen LogP contribution in [0.1, 0.15) is 64.5 Å². The number of nitrogens with one attached hydrogen (secondary N) is 1. The third kappa shape index (κ3) is 3.63. The van der Waals surface area contributed by atoms with Crippen LogP contribution in [0.2, 0.25) is 0 Å². The molecule has 5 nitrogen and oxygen atoms in total. The quantitative estimate of drug-likeness (QED) is 0.743. The predicted molar refractivity (Wildman–Crippen MR) is 101 cm³/mol. The fourth-order valence-electron chi connectivity index (χ4n) is 3.80. The van der Waals surface area contributed by atoms with Crippen LogP contribution in [-0.4, -0.2) is 35.2 Å². The van der Waals surface area contributed by atoms with Crippen molar-refractivity contribution in [2.24, 2.45) is 5.41 Å². The van der Waals surface area contributed by atoms with E-state index in [1.54, 1.807) is 0 Å². The van der Waals surface area contributed by atoms with Crippen LogP contribution in [0.3, 0.4) is 0 Å². The number of amides is 1. The highest BCUT2D eigenvalue weighted by molar-refractivity contribution is 5.89. The van der Waals surface area contributed by atoms with Gasteiger partial charge in [-0.25, -0.2) is 4.79 Å². The first kappa shape index (κ1) is 20.4. The Balaban J connectivity index is 2.05. The van der Waals surface area contributed by atoms with Gasteiger partial charge in [0.15, 0.2) is 0 Å². The van der Waals surface area contributed by atoms with Crippen molar-refractivity contribution in [2.75, 3.05) is 6.61 Å². The lowest BCUT2D eigenvalue weighted by Gasteiger charge is -2.58. The van der Waals surface area contributed by atoms with E-state index in [4.69, 9.17) is 4.74 Å². The van der Waals surface area contributed by atoms with Gasteiger partial charge in [0.25, 0.3) is 0 Å². The van der Waals surface area contributed by atoms with Crippen molar-refractivity contribution >= 4 is 11.9 Å². The van der Waals surface area contributed by atoms with Crippen molar-refractivity contribution in [3.63, 3.8) is 0 Å². The number of carboxylic acid groups (broad SMARTS) is 1. The molecule has 2 rings (SSSR count). The van der Waals surface area contributed by atoms with Crippen molar-refractivity contribution < 1.29 is 19.4 Å². The van der Waals surface area contributed by atoms with Gasteiger partial charge in [0.05, 0.1) is 6.10 Å². The molecular formula is C21H31NO4. The Kier molecular flexibility index (Phi) is 6.12. The first-order chi connectivity index (χ1) is 12.2. The zero-order valence-electron chi connectivity index (χ0n) is 16.5. The Labute approximate surface area is 156 Å². The molecule has 2 N–H and O–H groups in total. The van der Waals surface area contributed by atoms with Gasteiger partial charge >= 0.3 is 5.97 Å². The van der Waals surface area contributed by atoms with Crippen LogP contribution in [0, 0.1) is 5.41 Å². The summed E-state index contributed by atoms with van der Waals surface area (Å²) < 4.78 is 5.64. The standard InChI is InChI=1S/C21H31NO4/c1-6-15-8-10-16(11-9-15)14(3)12-18(23)22-21(19(24)25)13-17(26-7-2)20(21,4)5/h8-11,14,17H,6-7,12-13H2,1-5H3,(H,22,23)(H,24,25). The summed E-state index contributed by atoms with van der Waals surface area (Å²) in [5.74, 6) is -1.20. The molecule has 0 bridgehead atoms. The minimum atomic E-state index is -1.27. The van der Waals surface area contributed by atoms with Crippen LogP contribution in [-0.2, 0) is 20.7 Å². The molecule has 0 spiro atoms. The largest absolute Gasteiger partial charge is 0.479 e. The molecule has 1 fully saturated rings. The molecule has 1 aliphatic carbocycles. The summed E-state index contributed by atoms with van der Waals surface area (Å²) in [5.41, 5.74) is 0.418. The second kappa shape index (κ2) is 7.78. The van der Waals surface area contributed by atoms with Gasteiger partial charge in [-0.15, -0.1) is 0 Å². The SMILES string of the molecule is CCOC1CC(NC(=O)CC(C)c2ccc(CC)cc2)(C(=O)O)C1(C)C. The lowest BCUT2D eigenvalue weighted by Crippen LogP contribution is -2.76. The Morgan fingerprint density at radius 1 is 1.27 bits per heavy atom. The number of benzene rings is 1. The Hall–Kier alpha value is -1.88. The highest BCUT2D eigenvalue weighted by Crippen LogP contribution is 2.51. The van der Waals surface area contributed by atoms with Gasteiger partial charge in [-0.05, 0) is 30.4 Å². The lowest BCUT2D eigenvalue weighted by atomic mass is 9.54. The molecule has 5 heteroatoms. The second-order valence-electron chi connectivity index (χ2n) is 7.83. The lowest BCUT2D eigenvalue weighted by molar-refractivity contribution is -0.194. The highest BCUT2D eigenvalue weighted by atomic mass is 16.5. The van der Waals surface area contributed by atoms with E-state index >= 15 is 0 Å². The maximum atomic E-state index is 12.6. The van der Waals surface area contributed by atoms with Crippen LogP contribution >= 0.6 is 0 Å². The molecule has 144 valence electrons. The fraction of sp³-hybridized carbons (Fsp3) is 0.619. The minimum Gasteiger partial charge on any atom is -0.479 e. The molecule has 1 saturated carbocycles. The van der Waals surface area contributed by atoms with E-state index in [1.807, 2.05) is 39.8 Å². The molecular weight excluding hydrogens is 330 g/mol. The monoisotopic (exact) mass is 361 g/mol. The van der Waals surface area contributed by atoms with E-state index in [1.165, 1.54) is 5.56 Å². The topological polar surface area (TPSA) is 75.6 Å². The van der Waals surface area contributed by atoms with E-state index in [-0.39, 0.29) is 24.3 Å². The summed E-state index contributed by atoms with van der Waals surface area (Å²) in [6.07, 6.45) is 1.37. The molecule has 0 saturated heterocycles. The van der Waals surface area contributed by atoms with Crippen LogP contribution in [0.25, 0.3) is 0 Å². The summed E-state index contributed by atoms with van der Waals surface area (Å²) in [4.78, 5) is 24.6. The summed E-state index contributed by atoms with van der Waals surface area (Å²) in [5, 5.41) is 12.6. The molecule has 0 radical (unpaired) electrons. The van der Waals surface area contributed by atoms with Crippen molar-refractivity contribution in [3.8, 4) is 0 Å². The number of carbonyl (C=O) groups is 2. The van der Waals surface area contributed by atoms with Crippen LogP contribution in [0.15, 0.2) is 24.3 Å². The third-order valence-corrected chi connectivity index (χ3v) is 5.93. The smallest absolute Gasteiger partial charge is 0.330 e. The van der Waals surface area contributed by atoms with E-state index < -0.39 is 16.9 Å². The van der Waals surface area contributed by atoms with Gasteiger partial charge in [0, 0.05) is 24.9 Å². The molecule has 3 unspecified atom stereocenters. The van der Waals surface area contributed by atoms with E-state index in [9.17, 15) is 14.7 Å². The number of rotatable bonds is 8. The Bertz CT molecular complexity index is 652. The van der Waals surface area contributed by atoms with Crippen molar-refractivity contribution in [1.29, 1.82) is 0 Å². The number of hydrogen-bond donors (Lipinski definition) is 2. The van der Waals surface area contributed by atoms with E-state index in [0.717, 1.165) is 12.0 Å². The van der Waals surface area contributed by atoms with Crippen LogP contribution < -0.4 is 5.32 Å². The van der Waals surface area contributed by atoms with Crippen molar-refractivity contribution in [1.82, 2.24) is 5.32 Å². The number of aryl methyl sites for hydroxylation is 1. The maximum Gasteiger partial charge on any atom is 0.330 e. The molecule has 1 aromatic carbocycles. The van der Waals surface area contributed by atoms with Crippen molar-refractivity contribution in [3.05, 3.63) is 35.4 Å². The molecule has 1 aromatic rings. The highest BCUT2D eigenvalue weighted by Gasteiger charge is 2.66. The summed E-state index contributed by atoms with van der Waals surface area (Å²) in [6.45, 7) is 10.2. The Morgan fingerprint density at radius 2 is 1.88 bits per heavy atom. The summed E-state index contributed by atoms with van der Waals surface area (Å²) >= 11 is 0. The first-order valence-electron chi connectivity index (χ1n) is 9.42. The van der Waals surface area contributed by atoms with Gasteiger partial charge in [-0.3, -0.25) is 4.79 Å². The van der Waals surface area contributed by atoms with E-state index in [0.29, 0.717) is 13.0 Å². The molecule has 0 aliphatic heterocycles. The van der Waals surface area contributed by atoms with E-state index in [2.05, 4.69) is 24.4 Å². The first-order valence-corrected chi connectivity index (χ1v) is 9.42. The number of carbonyl (C=O) groups excluding carboxylic acids is 1. The van der Waals surface area contributed by atoms with Crippen LogP contribution in [0.4, 0.5) is 0 Å². The fourth-order valence-corrected chi connectivity index (χ4v) is 3.80. The van der Waals surface area contributed by atoms with Gasteiger partial charge in [-0.2, -0.15) is 0 Å². The number of aliphatic carboxylic acids is 1. The molecule has 26 heavy (non-hydrogen) atoms.